The summed E-state index contributed by atoms with van der Waals surface area (Å²) >= 11 is 0. The molecule has 2 aromatic rings. The molecule has 1 saturated heterocycles. The van der Waals surface area contributed by atoms with E-state index in [0.717, 1.165) is 18.0 Å². The molecule has 2 heterocycles. The number of nitrogens with one attached hydrogen (secondary N) is 1. The van der Waals surface area contributed by atoms with Crippen LogP contribution < -0.4 is 14.8 Å². The predicted octanol–water partition coefficient (Wildman–Crippen LogP) is 2.85. The van der Waals surface area contributed by atoms with Crippen molar-refractivity contribution in [1.29, 1.82) is 0 Å². The normalized spacial score (nSPS) is 19.3. The number of carbonyl (C=O) groups excluding carboxylic acids is 1. The van der Waals surface area contributed by atoms with Crippen LogP contribution in [0.2, 0.25) is 0 Å². The first kappa shape index (κ1) is 16.9. The molecular formula is C21H24N2O3. The van der Waals surface area contributed by atoms with Gasteiger partial charge in [-0.15, -0.1) is 0 Å². The van der Waals surface area contributed by atoms with Crippen LogP contribution in [0.4, 0.5) is 0 Å². The molecule has 0 unspecified atom stereocenters. The fraction of sp³-hybridized carbons (Fsp3) is 0.381. The van der Waals surface area contributed by atoms with E-state index in [0.29, 0.717) is 18.7 Å². The van der Waals surface area contributed by atoms with Crippen molar-refractivity contribution >= 4 is 5.91 Å². The van der Waals surface area contributed by atoms with Crippen molar-refractivity contribution in [3.05, 3.63) is 59.7 Å². The van der Waals surface area contributed by atoms with E-state index in [-0.39, 0.29) is 12.0 Å². The highest BCUT2D eigenvalue weighted by molar-refractivity contribution is 5.94. The van der Waals surface area contributed by atoms with Gasteiger partial charge in [0, 0.05) is 12.1 Å². The molecule has 1 amide bonds. The van der Waals surface area contributed by atoms with Crippen LogP contribution in [-0.2, 0) is 6.54 Å². The molecule has 0 saturated carbocycles. The van der Waals surface area contributed by atoms with Crippen LogP contribution in [0, 0.1) is 0 Å². The molecule has 136 valence electrons. The molecule has 1 N–H and O–H groups in total. The molecule has 5 nitrogen and oxygen atoms in total. The van der Waals surface area contributed by atoms with E-state index in [1.807, 2.05) is 48.5 Å². The first-order valence-corrected chi connectivity index (χ1v) is 9.26. The van der Waals surface area contributed by atoms with Gasteiger partial charge in [0.05, 0.1) is 6.54 Å². The van der Waals surface area contributed by atoms with E-state index in [4.69, 9.17) is 9.47 Å². The number of carbonyl (C=O) groups is 1. The molecule has 1 fully saturated rings. The molecular weight excluding hydrogens is 328 g/mol. The van der Waals surface area contributed by atoms with Gasteiger partial charge in [-0.05, 0) is 55.8 Å². The minimum Gasteiger partial charge on any atom is -0.486 e. The van der Waals surface area contributed by atoms with E-state index in [1.165, 1.54) is 31.5 Å². The first-order chi connectivity index (χ1) is 12.8. The van der Waals surface area contributed by atoms with E-state index in [1.54, 1.807) is 0 Å². The highest BCUT2D eigenvalue weighted by Crippen LogP contribution is 2.30. The Morgan fingerprint density at radius 1 is 1.04 bits per heavy atom. The van der Waals surface area contributed by atoms with Crippen molar-refractivity contribution in [1.82, 2.24) is 10.2 Å². The van der Waals surface area contributed by atoms with E-state index in [2.05, 4.69) is 10.2 Å². The molecule has 1 atom stereocenters. The Balaban J connectivity index is 1.28. The van der Waals surface area contributed by atoms with Crippen LogP contribution in [0.15, 0.2) is 48.5 Å². The number of likely N-dealkylation sites (tertiary alicyclic amines) is 1. The topological polar surface area (TPSA) is 50.8 Å². The molecule has 26 heavy (non-hydrogen) atoms. The van der Waals surface area contributed by atoms with Crippen molar-refractivity contribution < 1.29 is 14.3 Å². The summed E-state index contributed by atoms with van der Waals surface area (Å²) in [5, 5.41) is 2.94. The lowest BCUT2D eigenvalue weighted by Gasteiger charge is -2.26. The molecule has 0 radical (unpaired) electrons. The standard InChI is InChI=1S/C21H24N2O3/c24-21(17-9-7-16(8-10-17)14-23-11-3-4-12-23)22-13-18-15-25-19-5-1-2-6-20(19)26-18/h1-2,5-10,18H,3-4,11-15H2,(H,22,24)/t18-/m1/s1. The highest BCUT2D eigenvalue weighted by Gasteiger charge is 2.21. The zero-order chi connectivity index (χ0) is 17.8. The van der Waals surface area contributed by atoms with Gasteiger partial charge in [0.2, 0.25) is 0 Å². The quantitative estimate of drug-likeness (QED) is 0.899. The van der Waals surface area contributed by atoms with Crippen LogP contribution in [-0.4, -0.2) is 43.2 Å². The SMILES string of the molecule is O=C(NC[C@@H]1COc2ccccc2O1)c1ccc(CN2CCCC2)cc1. The molecule has 0 aromatic heterocycles. The number of ether oxygens (including phenoxy) is 2. The maximum Gasteiger partial charge on any atom is 0.251 e. The van der Waals surface area contributed by atoms with Crippen molar-refractivity contribution in [2.75, 3.05) is 26.2 Å². The van der Waals surface area contributed by atoms with Crippen molar-refractivity contribution in [2.45, 2.75) is 25.5 Å². The molecule has 0 spiro atoms. The summed E-state index contributed by atoms with van der Waals surface area (Å²) in [4.78, 5) is 14.8. The average Bonchev–Trinajstić information content (AvgIpc) is 3.19. The Morgan fingerprint density at radius 3 is 2.54 bits per heavy atom. The average molecular weight is 352 g/mol. The summed E-state index contributed by atoms with van der Waals surface area (Å²) in [5.41, 5.74) is 1.93. The summed E-state index contributed by atoms with van der Waals surface area (Å²) < 4.78 is 11.5. The summed E-state index contributed by atoms with van der Waals surface area (Å²) in [6.07, 6.45) is 2.40. The van der Waals surface area contributed by atoms with Gasteiger partial charge in [0.1, 0.15) is 12.7 Å². The third-order valence-corrected chi connectivity index (χ3v) is 4.88. The van der Waals surface area contributed by atoms with Gasteiger partial charge in [0.15, 0.2) is 11.5 Å². The second-order valence-electron chi connectivity index (χ2n) is 6.89. The minimum absolute atomic E-state index is 0.0832. The Bertz CT molecular complexity index is 754. The van der Waals surface area contributed by atoms with Gasteiger partial charge >= 0.3 is 0 Å². The molecule has 4 rings (SSSR count). The number of amides is 1. The Morgan fingerprint density at radius 2 is 1.77 bits per heavy atom. The minimum atomic E-state index is -0.178. The van der Waals surface area contributed by atoms with Gasteiger partial charge in [-0.2, -0.15) is 0 Å². The van der Waals surface area contributed by atoms with Crippen molar-refractivity contribution in [3.8, 4) is 11.5 Å². The van der Waals surface area contributed by atoms with Gasteiger partial charge in [-0.3, -0.25) is 9.69 Å². The zero-order valence-electron chi connectivity index (χ0n) is 14.8. The van der Waals surface area contributed by atoms with Gasteiger partial charge in [-0.1, -0.05) is 24.3 Å². The van der Waals surface area contributed by atoms with Crippen LogP contribution in [0.1, 0.15) is 28.8 Å². The summed E-state index contributed by atoms with van der Waals surface area (Å²) in [6, 6.07) is 15.5. The maximum atomic E-state index is 12.4. The van der Waals surface area contributed by atoms with Gasteiger partial charge in [0.25, 0.3) is 5.91 Å². The molecule has 2 aliphatic rings. The Hall–Kier alpha value is -2.53. The number of hydrogen-bond donors (Lipinski definition) is 1. The lowest BCUT2D eigenvalue weighted by Crippen LogP contribution is -2.40. The predicted molar refractivity (Wildman–Crippen MR) is 99.6 cm³/mol. The Kier molecular flexibility index (Phi) is 5.07. The van der Waals surface area contributed by atoms with E-state index >= 15 is 0 Å². The fourth-order valence-corrected chi connectivity index (χ4v) is 3.43. The van der Waals surface area contributed by atoms with Crippen molar-refractivity contribution in [2.24, 2.45) is 0 Å². The molecule has 2 aliphatic heterocycles. The van der Waals surface area contributed by atoms with E-state index in [9.17, 15) is 4.79 Å². The highest BCUT2D eigenvalue weighted by atomic mass is 16.6. The lowest BCUT2D eigenvalue weighted by molar-refractivity contribution is 0.0789. The summed E-state index contributed by atoms with van der Waals surface area (Å²) in [7, 11) is 0. The molecule has 5 heteroatoms. The fourth-order valence-electron chi connectivity index (χ4n) is 3.43. The second-order valence-corrected chi connectivity index (χ2v) is 6.89. The monoisotopic (exact) mass is 352 g/mol. The molecule has 0 aliphatic carbocycles. The number of nitrogens with zero attached hydrogens (tertiary/aromatic N) is 1. The second kappa shape index (κ2) is 7.79. The number of hydrogen-bond acceptors (Lipinski definition) is 4. The van der Waals surface area contributed by atoms with Crippen LogP contribution in [0.25, 0.3) is 0 Å². The number of fused-ring (bicyclic) bond motifs is 1. The van der Waals surface area contributed by atoms with E-state index < -0.39 is 0 Å². The van der Waals surface area contributed by atoms with Crippen molar-refractivity contribution in [3.63, 3.8) is 0 Å². The lowest BCUT2D eigenvalue weighted by atomic mass is 10.1. The zero-order valence-corrected chi connectivity index (χ0v) is 14.8. The van der Waals surface area contributed by atoms with Crippen LogP contribution in [0.5, 0.6) is 11.5 Å². The number of benzene rings is 2. The molecule has 2 aromatic carbocycles. The Labute approximate surface area is 153 Å². The van der Waals surface area contributed by atoms with Crippen LogP contribution >= 0.6 is 0 Å². The largest absolute Gasteiger partial charge is 0.486 e. The first-order valence-electron chi connectivity index (χ1n) is 9.26. The number of para-hydroxylation sites is 2. The third-order valence-electron chi connectivity index (χ3n) is 4.88. The van der Waals surface area contributed by atoms with Gasteiger partial charge in [-0.25, -0.2) is 0 Å². The molecule has 0 bridgehead atoms. The maximum absolute atomic E-state index is 12.4. The summed E-state index contributed by atoms with van der Waals surface area (Å²) in [6.45, 7) is 4.17. The third kappa shape index (κ3) is 3.99. The summed E-state index contributed by atoms with van der Waals surface area (Å²) in [5.74, 6) is 1.40. The number of rotatable bonds is 5. The van der Waals surface area contributed by atoms with Crippen LogP contribution in [0.3, 0.4) is 0 Å². The van der Waals surface area contributed by atoms with Gasteiger partial charge < -0.3 is 14.8 Å². The smallest absolute Gasteiger partial charge is 0.251 e.